The lowest BCUT2D eigenvalue weighted by molar-refractivity contribution is 0.102. The lowest BCUT2D eigenvalue weighted by atomic mass is 9.92. The molecule has 144 valence electrons. The van der Waals surface area contributed by atoms with Crippen molar-refractivity contribution < 1.29 is 4.79 Å². The highest BCUT2D eigenvalue weighted by Crippen LogP contribution is 2.26. The Morgan fingerprint density at radius 3 is 2.59 bits per heavy atom. The maximum absolute atomic E-state index is 12.9. The molecule has 7 heteroatoms. The highest BCUT2D eigenvalue weighted by molar-refractivity contribution is 6.06. The monoisotopic (exact) mass is 384 g/mol. The number of carbonyl (C=O) groups excluding carboxylic acids is 1. The van der Waals surface area contributed by atoms with Gasteiger partial charge >= 0.3 is 0 Å². The third-order valence-corrected chi connectivity index (χ3v) is 4.35. The Kier molecular flexibility index (Phi) is 5.95. The fourth-order valence-corrected chi connectivity index (χ4v) is 3.07. The molecule has 1 aromatic heterocycles. The first-order valence-corrected chi connectivity index (χ1v) is 9.04. The van der Waals surface area contributed by atoms with Crippen molar-refractivity contribution in [2.75, 3.05) is 10.6 Å². The molecule has 0 atom stereocenters. The molecular formula is C22H20N6O. The standard InChI is InChI=1S/C22H20N6O/c1-14(2)21-16(10-24)4-3-5-19(21)22(29)28-17-7-6-15(9-23)20(8-17)27-18-11-25-13-26-12-18/h3-9,11-14,23,27H,1-2H3,(H,28,29). The Balaban J connectivity index is 1.91. The van der Waals surface area contributed by atoms with E-state index >= 15 is 0 Å². The van der Waals surface area contributed by atoms with Crippen LogP contribution in [0.1, 0.15) is 46.8 Å². The van der Waals surface area contributed by atoms with E-state index in [-0.39, 0.29) is 11.8 Å². The molecule has 0 saturated carbocycles. The van der Waals surface area contributed by atoms with Crippen LogP contribution in [-0.4, -0.2) is 22.1 Å². The van der Waals surface area contributed by atoms with Gasteiger partial charge in [-0.05, 0) is 41.8 Å². The Bertz CT molecular complexity index is 1090. The third kappa shape index (κ3) is 4.45. The predicted octanol–water partition coefficient (Wildman–Crippen LogP) is 4.47. The lowest BCUT2D eigenvalue weighted by Gasteiger charge is -2.15. The van der Waals surface area contributed by atoms with Crippen LogP contribution < -0.4 is 10.6 Å². The fraction of sp³-hybridized carbons (Fsp3) is 0.136. The molecule has 0 bridgehead atoms. The Morgan fingerprint density at radius 1 is 1.17 bits per heavy atom. The molecule has 2 aromatic carbocycles. The lowest BCUT2D eigenvalue weighted by Crippen LogP contribution is -2.16. The van der Waals surface area contributed by atoms with E-state index in [9.17, 15) is 10.1 Å². The molecule has 3 rings (SSSR count). The highest BCUT2D eigenvalue weighted by atomic mass is 16.1. The zero-order valence-corrected chi connectivity index (χ0v) is 16.1. The van der Waals surface area contributed by atoms with Gasteiger partial charge in [-0.15, -0.1) is 0 Å². The molecule has 29 heavy (non-hydrogen) atoms. The summed E-state index contributed by atoms with van der Waals surface area (Å²) in [6, 6.07) is 12.5. The first-order chi connectivity index (χ1) is 14.0. The summed E-state index contributed by atoms with van der Waals surface area (Å²) in [4.78, 5) is 20.9. The van der Waals surface area contributed by atoms with Crippen molar-refractivity contribution in [2.45, 2.75) is 19.8 Å². The number of aromatic nitrogens is 2. The van der Waals surface area contributed by atoms with Gasteiger partial charge in [0.1, 0.15) is 6.33 Å². The van der Waals surface area contributed by atoms with Crippen molar-refractivity contribution in [3.63, 3.8) is 0 Å². The number of nitrogens with zero attached hydrogens (tertiary/aromatic N) is 3. The first kappa shape index (κ1) is 19.7. The minimum atomic E-state index is -0.289. The second-order valence-electron chi connectivity index (χ2n) is 6.69. The van der Waals surface area contributed by atoms with Gasteiger partial charge in [0.15, 0.2) is 0 Å². The van der Waals surface area contributed by atoms with Crippen molar-refractivity contribution in [2.24, 2.45) is 0 Å². The van der Waals surface area contributed by atoms with E-state index in [0.29, 0.717) is 33.8 Å². The van der Waals surface area contributed by atoms with Crippen molar-refractivity contribution in [1.82, 2.24) is 9.97 Å². The number of amides is 1. The topological polar surface area (TPSA) is 115 Å². The quantitative estimate of drug-likeness (QED) is 0.543. The first-order valence-electron chi connectivity index (χ1n) is 9.04. The maximum atomic E-state index is 12.9. The van der Waals surface area contributed by atoms with Gasteiger partial charge < -0.3 is 16.0 Å². The molecule has 7 nitrogen and oxygen atoms in total. The number of hydrogen-bond donors (Lipinski definition) is 3. The largest absolute Gasteiger partial charge is 0.352 e. The SMILES string of the molecule is CC(C)c1c(C#N)cccc1C(=O)Nc1ccc(C=N)c(Nc2cncnc2)c1. The molecule has 0 aliphatic carbocycles. The predicted molar refractivity (Wildman–Crippen MR) is 113 cm³/mol. The average molecular weight is 384 g/mol. The van der Waals surface area contributed by atoms with Gasteiger partial charge in [0.2, 0.25) is 0 Å². The molecule has 0 unspecified atom stereocenters. The van der Waals surface area contributed by atoms with Crippen LogP contribution in [0.3, 0.4) is 0 Å². The minimum absolute atomic E-state index is 0.0298. The van der Waals surface area contributed by atoms with Gasteiger partial charge in [-0.2, -0.15) is 5.26 Å². The maximum Gasteiger partial charge on any atom is 0.255 e. The number of anilines is 3. The number of rotatable bonds is 6. The summed E-state index contributed by atoms with van der Waals surface area (Å²) in [7, 11) is 0. The summed E-state index contributed by atoms with van der Waals surface area (Å²) in [5.41, 5.74) is 4.23. The second kappa shape index (κ2) is 8.76. The molecule has 0 aliphatic rings. The van der Waals surface area contributed by atoms with Gasteiger partial charge in [0.05, 0.1) is 29.7 Å². The van der Waals surface area contributed by atoms with Crippen molar-refractivity contribution in [3.8, 4) is 6.07 Å². The third-order valence-electron chi connectivity index (χ3n) is 4.35. The van der Waals surface area contributed by atoms with Crippen LogP contribution in [0.2, 0.25) is 0 Å². The summed E-state index contributed by atoms with van der Waals surface area (Å²) in [5.74, 6) is -0.260. The summed E-state index contributed by atoms with van der Waals surface area (Å²) in [6.07, 6.45) is 5.90. The van der Waals surface area contributed by atoms with Gasteiger partial charge in [-0.3, -0.25) is 4.79 Å². The van der Waals surface area contributed by atoms with Gasteiger partial charge in [0.25, 0.3) is 5.91 Å². The summed E-state index contributed by atoms with van der Waals surface area (Å²) < 4.78 is 0. The van der Waals surface area contributed by atoms with E-state index in [1.165, 1.54) is 12.5 Å². The van der Waals surface area contributed by atoms with Crippen molar-refractivity contribution >= 4 is 29.2 Å². The molecule has 0 saturated heterocycles. The second-order valence-corrected chi connectivity index (χ2v) is 6.69. The molecular weight excluding hydrogens is 364 g/mol. The Labute approximate surface area is 169 Å². The number of benzene rings is 2. The molecule has 3 aromatic rings. The van der Waals surface area contributed by atoms with E-state index in [4.69, 9.17) is 5.41 Å². The van der Waals surface area contributed by atoms with E-state index in [2.05, 4.69) is 26.7 Å². The zero-order chi connectivity index (χ0) is 20.8. The van der Waals surface area contributed by atoms with Crippen molar-refractivity contribution in [1.29, 1.82) is 10.7 Å². The zero-order valence-electron chi connectivity index (χ0n) is 16.1. The van der Waals surface area contributed by atoms with Crippen LogP contribution in [0.4, 0.5) is 17.1 Å². The van der Waals surface area contributed by atoms with Crippen LogP contribution in [0, 0.1) is 16.7 Å². The minimum Gasteiger partial charge on any atom is -0.352 e. The molecule has 1 heterocycles. The molecule has 0 radical (unpaired) electrons. The summed E-state index contributed by atoms with van der Waals surface area (Å²) in [6.45, 7) is 3.91. The summed E-state index contributed by atoms with van der Waals surface area (Å²) >= 11 is 0. The van der Waals surface area contributed by atoms with Crippen LogP contribution >= 0.6 is 0 Å². The molecule has 0 aliphatic heterocycles. The van der Waals surface area contributed by atoms with Crippen molar-refractivity contribution in [3.05, 3.63) is 77.4 Å². The normalized spacial score (nSPS) is 10.3. The van der Waals surface area contributed by atoms with E-state index in [1.54, 1.807) is 48.8 Å². The van der Waals surface area contributed by atoms with Crippen LogP contribution in [0.15, 0.2) is 55.1 Å². The van der Waals surface area contributed by atoms with Crippen LogP contribution in [-0.2, 0) is 0 Å². The van der Waals surface area contributed by atoms with Crippen LogP contribution in [0.5, 0.6) is 0 Å². The number of nitriles is 1. The Morgan fingerprint density at radius 2 is 1.93 bits per heavy atom. The van der Waals surface area contributed by atoms with Crippen LogP contribution in [0.25, 0.3) is 0 Å². The molecule has 3 N–H and O–H groups in total. The number of hydrogen-bond acceptors (Lipinski definition) is 6. The van der Waals surface area contributed by atoms with E-state index < -0.39 is 0 Å². The van der Waals surface area contributed by atoms with E-state index in [1.807, 2.05) is 13.8 Å². The molecule has 0 fully saturated rings. The highest BCUT2D eigenvalue weighted by Gasteiger charge is 2.18. The number of carbonyl (C=O) groups is 1. The van der Waals surface area contributed by atoms with Gasteiger partial charge in [0, 0.05) is 28.7 Å². The molecule has 1 amide bonds. The summed E-state index contributed by atoms with van der Waals surface area (Å²) in [5, 5.41) is 23.0. The number of nitrogens with one attached hydrogen (secondary N) is 3. The Hall–Kier alpha value is -4.05. The fourth-order valence-electron chi connectivity index (χ4n) is 3.07. The van der Waals surface area contributed by atoms with Gasteiger partial charge in [-0.1, -0.05) is 19.9 Å². The molecule has 0 spiro atoms. The smallest absolute Gasteiger partial charge is 0.255 e. The van der Waals surface area contributed by atoms with E-state index in [0.717, 1.165) is 5.56 Å². The van der Waals surface area contributed by atoms with Gasteiger partial charge in [-0.25, -0.2) is 9.97 Å². The average Bonchev–Trinajstić information content (AvgIpc) is 2.74.